The largest absolute Gasteiger partial charge is 0.370 e. The molecule has 3 rings (SSSR count). The molecule has 1 aliphatic heterocycles. The Morgan fingerprint density at radius 2 is 1.87 bits per heavy atom. The van der Waals surface area contributed by atoms with Crippen molar-refractivity contribution in [1.29, 1.82) is 0 Å². The highest BCUT2D eigenvalue weighted by Gasteiger charge is 2.11. The molecule has 4 nitrogen and oxygen atoms in total. The van der Waals surface area contributed by atoms with E-state index in [2.05, 4.69) is 31.1 Å². The summed E-state index contributed by atoms with van der Waals surface area (Å²) >= 11 is 3.37. The van der Waals surface area contributed by atoms with Crippen molar-refractivity contribution >= 4 is 33.3 Å². The van der Waals surface area contributed by atoms with Crippen LogP contribution in [0.2, 0.25) is 0 Å². The summed E-state index contributed by atoms with van der Waals surface area (Å²) in [5.74, 6) is 0.426. The van der Waals surface area contributed by atoms with Crippen LogP contribution in [0.25, 0.3) is 0 Å². The van der Waals surface area contributed by atoms with E-state index >= 15 is 0 Å². The van der Waals surface area contributed by atoms with Gasteiger partial charge in [-0.3, -0.25) is 4.79 Å². The van der Waals surface area contributed by atoms with E-state index in [1.165, 1.54) is 25.7 Å². The van der Waals surface area contributed by atoms with Crippen molar-refractivity contribution in [3.05, 3.63) is 52.6 Å². The van der Waals surface area contributed by atoms with Gasteiger partial charge in [0.25, 0.3) is 5.91 Å². The maximum Gasteiger partial charge on any atom is 0.256 e. The SMILES string of the molecule is O=C(Nc1ccc(N2CCCCCC2)cn1)c1cccc(Br)c1. The van der Waals surface area contributed by atoms with E-state index in [0.717, 1.165) is 23.2 Å². The first kappa shape index (κ1) is 16.0. The van der Waals surface area contributed by atoms with E-state index in [-0.39, 0.29) is 5.91 Å². The second-order valence-corrected chi connectivity index (χ2v) is 6.68. The Kier molecular flexibility index (Phi) is 5.28. The van der Waals surface area contributed by atoms with Crippen molar-refractivity contribution in [1.82, 2.24) is 4.98 Å². The van der Waals surface area contributed by atoms with Crippen molar-refractivity contribution in [2.24, 2.45) is 0 Å². The zero-order valence-corrected chi connectivity index (χ0v) is 14.6. The second kappa shape index (κ2) is 7.59. The Morgan fingerprint density at radius 1 is 1.09 bits per heavy atom. The number of aromatic nitrogens is 1. The number of halogens is 1. The first-order chi connectivity index (χ1) is 11.2. The van der Waals surface area contributed by atoms with Crippen LogP contribution in [0.4, 0.5) is 11.5 Å². The highest BCUT2D eigenvalue weighted by Crippen LogP contribution is 2.20. The van der Waals surface area contributed by atoms with Gasteiger partial charge in [0.1, 0.15) is 5.82 Å². The van der Waals surface area contributed by atoms with Gasteiger partial charge in [-0.1, -0.05) is 34.8 Å². The van der Waals surface area contributed by atoms with Crippen LogP contribution in [0.3, 0.4) is 0 Å². The van der Waals surface area contributed by atoms with Crippen LogP contribution in [0, 0.1) is 0 Å². The minimum Gasteiger partial charge on any atom is -0.370 e. The number of benzene rings is 1. The van der Waals surface area contributed by atoms with Gasteiger partial charge in [-0.05, 0) is 43.2 Å². The van der Waals surface area contributed by atoms with Gasteiger partial charge in [0, 0.05) is 23.1 Å². The molecule has 2 heterocycles. The van der Waals surface area contributed by atoms with Gasteiger partial charge in [-0.2, -0.15) is 0 Å². The van der Waals surface area contributed by atoms with Crippen LogP contribution < -0.4 is 10.2 Å². The summed E-state index contributed by atoms with van der Waals surface area (Å²) in [6.45, 7) is 2.18. The van der Waals surface area contributed by atoms with Crippen molar-refractivity contribution in [2.45, 2.75) is 25.7 Å². The molecule has 0 atom stereocenters. The van der Waals surface area contributed by atoms with Crippen LogP contribution in [0.5, 0.6) is 0 Å². The first-order valence-corrected chi connectivity index (χ1v) is 8.79. The molecule has 120 valence electrons. The lowest BCUT2D eigenvalue weighted by atomic mass is 10.2. The number of amides is 1. The molecule has 1 N–H and O–H groups in total. The van der Waals surface area contributed by atoms with Crippen molar-refractivity contribution in [3.63, 3.8) is 0 Å². The molecular formula is C18H20BrN3O. The molecular weight excluding hydrogens is 354 g/mol. The van der Waals surface area contributed by atoms with Gasteiger partial charge in [0.05, 0.1) is 11.9 Å². The number of pyridine rings is 1. The fourth-order valence-corrected chi connectivity index (χ4v) is 3.19. The normalized spacial score (nSPS) is 15.1. The molecule has 1 aliphatic rings. The molecule has 1 amide bonds. The minimum atomic E-state index is -0.152. The molecule has 0 unspecified atom stereocenters. The lowest BCUT2D eigenvalue weighted by Gasteiger charge is -2.22. The number of carbonyl (C=O) groups excluding carboxylic acids is 1. The van der Waals surface area contributed by atoms with E-state index in [0.29, 0.717) is 11.4 Å². The summed E-state index contributed by atoms with van der Waals surface area (Å²) in [4.78, 5) is 19.0. The molecule has 1 saturated heterocycles. The molecule has 5 heteroatoms. The van der Waals surface area contributed by atoms with Gasteiger partial charge in [0.15, 0.2) is 0 Å². The van der Waals surface area contributed by atoms with Crippen LogP contribution >= 0.6 is 15.9 Å². The third-order valence-corrected chi connectivity index (χ3v) is 4.54. The van der Waals surface area contributed by atoms with Gasteiger partial charge < -0.3 is 10.2 Å². The van der Waals surface area contributed by atoms with Crippen LogP contribution in [-0.2, 0) is 0 Å². The summed E-state index contributed by atoms with van der Waals surface area (Å²) in [7, 11) is 0. The monoisotopic (exact) mass is 373 g/mol. The van der Waals surface area contributed by atoms with Gasteiger partial charge >= 0.3 is 0 Å². The third kappa shape index (κ3) is 4.32. The van der Waals surface area contributed by atoms with E-state index in [9.17, 15) is 4.79 Å². The van der Waals surface area contributed by atoms with Gasteiger partial charge in [0.2, 0.25) is 0 Å². The molecule has 0 radical (unpaired) electrons. The number of nitrogens with zero attached hydrogens (tertiary/aromatic N) is 2. The third-order valence-electron chi connectivity index (χ3n) is 4.05. The molecule has 0 spiro atoms. The molecule has 0 bridgehead atoms. The Balaban J connectivity index is 1.66. The van der Waals surface area contributed by atoms with Gasteiger partial charge in [-0.15, -0.1) is 0 Å². The van der Waals surface area contributed by atoms with Crippen molar-refractivity contribution in [3.8, 4) is 0 Å². The van der Waals surface area contributed by atoms with Gasteiger partial charge in [-0.25, -0.2) is 4.98 Å². The second-order valence-electron chi connectivity index (χ2n) is 5.77. The fourth-order valence-electron chi connectivity index (χ4n) is 2.79. The summed E-state index contributed by atoms with van der Waals surface area (Å²) < 4.78 is 0.884. The van der Waals surface area contributed by atoms with E-state index in [1.807, 2.05) is 30.5 Å². The maximum atomic E-state index is 12.2. The highest BCUT2D eigenvalue weighted by atomic mass is 79.9. The zero-order chi connectivity index (χ0) is 16.1. The molecule has 0 saturated carbocycles. The molecule has 1 fully saturated rings. The smallest absolute Gasteiger partial charge is 0.256 e. The average Bonchev–Trinajstić information content (AvgIpc) is 2.85. The van der Waals surface area contributed by atoms with Crippen LogP contribution in [0.15, 0.2) is 47.1 Å². The number of hydrogen-bond acceptors (Lipinski definition) is 3. The fraction of sp³-hybridized carbons (Fsp3) is 0.333. The Hall–Kier alpha value is -1.88. The summed E-state index contributed by atoms with van der Waals surface area (Å²) in [5, 5.41) is 2.84. The molecule has 1 aromatic carbocycles. The van der Waals surface area contributed by atoms with E-state index < -0.39 is 0 Å². The lowest BCUT2D eigenvalue weighted by Crippen LogP contribution is -2.24. The summed E-state index contributed by atoms with van der Waals surface area (Å²) in [6.07, 6.45) is 6.94. The average molecular weight is 374 g/mol. The van der Waals surface area contributed by atoms with E-state index in [4.69, 9.17) is 0 Å². The first-order valence-electron chi connectivity index (χ1n) is 8.00. The summed E-state index contributed by atoms with van der Waals surface area (Å²) in [6, 6.07) is 11.2. The predicted octanol–water partition coefficient (Wildman–Crippen LogP) is 4.48. The molecule has 1 aromatic heterocycles. The summed E-state index contributed by atoms with van der Waals surface area (Å²) in [5.41, 5.74) is 1.74. The predicted molar refractivity (Wildman–Crippen MR) is 97.0 cm³/mol. The molecule has 0 aliphatic carbocycles. The lowest BCUT2D eigenvalue weighted by molar-refractivity contribution is 0.102. The van der Waals surface area contributed by atoms with Crippen LogP contribution in [0.1, 0.15) is 36.0 Å². The molecule has 23 heavy (non-hydrogen) atoms. The highest BCUT2D eigenvalue weighted by molar-refractivity contribution is 9.10. The topological polar surface area (TPSA) is 45.2 Å². The number of carbonyl (C=O) groups is 1. The van der Waals surface area contributed by atoms with Crippen molar-refractivity contribution < 1.29 is 4.79 Å². The maximum absolute atomic E-state index is 12.2. The number of hydrogen-bond donors (Lipinski definition) is 1. The number of anilines is 2. The Bertz CT molecular complexity index is 664. The standard InChI is InChI=1S/C18H20BrN3O/c19-15-7-5-6-14(12-15)18(23)21-17-9-8-16(13-20-17)22-10-3-1-2-4-11-22/h5-9,12-13H,1-4,10-11H2,(H,20,21,23). The Morgan fingerprint density at radius 3 is 2.52 bits per heavy atom. The van der Waals surface area contributed by atoms with E-state index in [1.54, 1.807) is 12.1 Å². The number of nitrogens with one attached hydrogen (secondary N) is 1. The Labute approximate surface area is 145 Å². The van der Waals surface area contributed by atoms with Crippen molar-refractivity contribution in [2.75, 3.05) is 23.3 Å². The quantitative estimate of drug-likeness (QED) is 0.862. The molecule has 2 aromatic rings. The van der Waals surface area contributed by atoms with Crippen LogP contribution in [-0.4, -0.2) is 24.0 Å². The zero-order valence-electron chi connectivity index (χ0n) is 13.0. The number of rotatable bonds is 3. The minimum absolute atomic E-state index is 0.152.